The van der Waals surface area contributed by atoms with E-state index in [0.29, 0.717) is 32.0 Å². The van der Waals surface area contributed by atoms with Gasteiger partial charge < -0.3 is 24.6 Å². The molecule has 0 radical (unpaired) electrons. The number of carboxylic acid groups (broad SMARTS) is 2. The van der Waals surface area contributed by atoms with Gasteiger partial charge in [0, 0.05) is 37.7 Å². The number of aromatic nitrogens is 1. The Morgan fingerprint density at radius 2 is 1.63 bits per heavy atom. The van der Waals surface area contributed by atoms with E-state index in [9.17, 15) is 35.5 Å². The Bertz CT molecular complexity index is 1160. The zero-order valence-electron chi connectivity index (χ0n) is 21.0. The molecule has 226 valence electrons. The Balaban J connectivity index is 0.000000349. The standard InChI is InChI=1S/C20H22FN3O3.2C2HF3O2/c21-17-4-1-5-18(9-17)24-14-20(27-12-19(24)25)13-23(7-8-26-15-20)11-16-3-2-6-22-10-16;2*3-2(4,5)1(6)7/h1-6,9-10H,7-8,11-15H2;2*(H,6,7). The predicted molar refractivity (Wildman–Crippen MR) is 125 cm³/mol. The second-order valence-corrected chi connectivity index (χ2v) is 8.66. The van der Waals surface area contributed by atoms with Crippen molar-refractivity contribution in [1.82, 2.24) is 9.88 Å². The monoisotopic (exact) mass is 599 g/mol. The van der Waals surface area contributed by atoms with Crippen LogP contribution in [0.5, 0.6) is 0 Å². The third-order valence-electron chi connectivity index (χ3n) is 5.41. The molecule has 2 aliphatic heterocycles. The topological polar surface area (TPSA) is 130 Å². The summed E-state index contributed by atoms with van der Waals surface area (Å²) in [6, 6.07) is 10.1. The largest absolute Gasteiger partial charge is 0.490 e. The number of hydrogen-bond acceptors (Lipinski definition) is 7. The number of alkyl halides is 6. The molecule has 1 aromatic carbocycles. The van der Waals surface area contributed by atoms with Gasteiger partial charge >= 0.3 is 24.3 Å². The number of aliphatic carboxylic acids is 2. The van der Waals surface area contributed by atoms with Crippen molar-refractivity contribution in [3.05, 3.63) is 60.2 Å². The maximum absolute atomic E-state index is 13.6. The first-order valence-electron chi connectivity index (χ1n) is 11.5. The number of morpholine rings is 1. The fourth-order valence-corrected chi connectivity index (χ4v) is 3.65. The van der Waals surface area contributed by atoms with E-state index in [0.717, 1.165) is 18.7 Å². The number of carbonyl (C=O) groups excluding carboxylic acids is 1. The molecule has 1 unspecified atom stereocenters. The molecular weight excluding hydrogens is 575 g/mol. The summed E-state index contributed by atoms with van der Waals surface area (Å²) in [5.41, 5.74) is 1.02. The van der Waals surface area contributed by atoms with E-state index >= 15 is 0 Å². The molecule has 41 heavy (non-hydrogen) atoms. The molecule has 10 nitrogen and oxygen atoms in total. The van der Waals surface area contributed by atoms with Crippen LogP contribution in [0.4, 0.5) is 36.4 Å². The molecule has 1 amide bonds. The second kappa shape index (κ2) is 14.2. The van der Waals surface area contributed by atoms with Gasteiger partial charge in [-0.25, -0.2) is 14.0 Å². The number of anilines is 1. The predicted octanol–water partition coefficient (Wildman–Crippen LogP) is 3.12. The molecule has 0 saturated carbocycles. The lowest BCUT2D eigenvalue weighted by molar-refractivity contribution is -0.193. The van der Waals surface area contributed by atoms with Gasteiger partial charge in [-0.2, -0.15) is 26.3 Å². The van der Waals surface area contributed by atoms with Crippen LogP contribution in [0.1, 0.15) is 5.56 Å². The van der Waals surface area contributed by atoms with Gasteiger partial charge in [0.15, 0.2) is 0 Å². The van der Waals surface area contributed by atoms with Gasteiger partial charge in [-0.3, -0.25) is 14.7 Å². The summed E-state index contributed by atoms with van der Waals surface area (Å²) in [6.45, 7) is 3.42. The number of amides is 1. The molecule has 4 rings (SSSR count). The third kappa shape index (κ3) is 10.9. The van der Waals surface area contributed by atoms with Gasteiger partial charge in [-0.15, -0.1) is 0 Å². The lowest BCUT2D eigenvalue weighted by atomic mass is 10.0. The highest BCUT2D eigenvalue weighted by atomic mass is 19.4. The molecule has 2 aromatic rings. The number of benzene rings is 1. The molecule has 3 heterocycles. The molecule has 2 saturated heterocycles. The maximum Gasteiger partial charge on any atom is 0.490 e. The zero-order chi connectivity index (χ0) is 30.8. The van der Waals surface area contributed by atoms with Crippen LogP contribution in [0, 0.1) is 5.82 Å². The Labute approximate surface area is 227 Å². The van der Waals surface area contributed by atoms with Crippen LogP contribution in [0.3, 0.4) is 0 Å². The summed E-state index contributed by atoms with van der Waals surface area (Å²) in [7, 11) is 0. The summed E-state index contributed by atoms with van der Waals surface area (Å²) in [6.07, 6.45) is -6.56. The number of carbonyl (C=O) groups is 3. The van der Waals surface area contributed by atoms with Crippen molar-refractivity contribution in [2.24, 2.45) is 0 Å². The summed E-state index contributed by atoms with van der Waals surface area (Å²) in [4.78, 5) is 38.2. The lowest BCUT2D eigenvalue weighted by Gasteiger charge is -2.43. The van der Waals surface area contributed by atoms with Crippen molar-refractivity contribution in [1.29, 1.82) is 0 Å². The summed E-state index contributed by atoms with van der Waals surface area (Å²) >= 11 is 0. The van der Waals surface area contributed by atoms with E-state index in [2.05, 4.69) is 9.88 Å². The van der Waals surface area contributed by atoms with E-state index in [1.54, 1.807) is 23.2 Å². The summed E-state index contributed by atoms with van der Waals surface area (Å²) in [5, 5.41) is 14.2. The first-order valence-corrected chi connectivity index (χ1v) is 11.5. The van der Waals surface area contributed by atoms with Crippen molar-refractivity contribution >= 4 is 23.5 Å². The van der Waals surface area contributed by atoms with Gasteiger partial charge in [-0.05, 0) is 29.8 Å². The smallest absolute Gasteiger partial charge is 0.475 e. The molecule has 2 fully saturated rings. The number of pyridine rings is 1. The minimum atomic E-state index is -5.08. The van der Waals surface area contributed by atoms with E-state index < -0.39 is 29.9 Å². The first-order chi connectivity index (χ1) is 19.0. The van der Waals surface area contributed by atoms with Gasteiger partial charge in [0.1, 0.15) is 18.0 Å². The van der Waals surface area contributed by atoms with Gasteiger partial charge in [0.25, 0.3) is 5.91 Å². The maximum atomic E-state index is 13.6. The Morgan fingerprint density at radius 3 is 2.17 bits per heavy atom. The van der Waals surface area contributed by atoms with Crippen molar-refractivity contribution in [3.63, 3.8) is 0 Å². The average molecular weight is 599 g/mol. The van der Waals surface area contributed by atoms with E-state index in [1.165, 1.54) is 12.1 Å². The van der Waals surface area contributed by atoms with Crippen LogP contribution in [-0.4, -0.2) is 95.4 Å². The average Bonchev–Trinajstić information content (AvgIpc) is 3.07. The molecule has 0 bridgehead atoms. The molecule has 0 aliphatic carbocycles. The van der Waals surface area contributed by atoms with Gasteiger partial charge in [-0.1, -0.05) is 12.1 Å². The highest BCUT2D eigenvalue weighted by Crippen LogP contribution is 2.28. The highest BCUT2D eigenvalue weighted by Gasteiger charge is 2.43. The Morgan fingerprint density at radius 1 is 1.00 bits per heavy atom. The van der Waals surface area contributed by atoms with Gasteiger partial charge in [0.05, 0.1) is 19.8 Å². The van der Waals surface area contributed by atoms with Gasteiger partial charge in [0.2, 0.25) is 0 Å². The van der Waals surface area contributed by atoms with Crippen LogP contribution in [0.25, 0.3) is 0 Å². The van der Waals surface area contributed by atoms with Crippen LogP contribution >= 0.6 is 0 Å². The van der Waals surface area contributed by atoms with Crippen molar-refractivity contribution < 1.29 is 64.8 Å². The van der Waals surface area contributed by atoms with Crippen molar-refractivity contribution in [2.45, 2.75) is 24.5 Å². The van der Waals surface area contributed by atoms with Crippen LogP contribution < -0.4 is 4.90 Å². The fraction of sp³-hybridized carbons (Fsp3) is 0.417. The van der Waals surface area contributed by atoms with Crippen molar-refractivity contribution in [2.75, 3.05) is 44.4 Å². The molecule has 1 spiro atoms. The molecular formula is C24H24F7N3O7. The molecule has 2 aliphatic rings. The minimum absolute atomic E-state index is 0.0411. The molecule has 17 heteroatoms. The summed E-state index contributed by atoms with van der Waals surface area (Å²) < 4.78 is 88.9. The first kappa shape index (κ1) is 33.4. The van der Waals surface area contributed by atoms with Crippen LogP contribution in [0.15, 0.2) is 48.8 Å². The molecule has 2 N–H and O–H groups in total. The third-order valence-corrected chi connectivity index (χ3v) is 5.41. The number of hydrogen-bond donors (Lipinski definition) is 2. The molecule has 1 atom stereocenters. The Hall–Kier alpha value is -3.83. The highest BCUT2D eigenvalue weighted by molar-refractivity contribution is 5.95. The van der Waals surface area contributed by atoms with Crippen molar-refractivity contribution in [3.8, 4) is 0 Å². The normalized spacial score (nSPS) is 19.8. The van der Waals surface area contributed by atoms with E-state index in [4.69, 9.17) is 29.3 Å². The molecule has 1 aromatic heterocycles. The van der Waals surface area contributed by atoms with Crippen LogP contribution in [-0.2, 0) is 30.4 Å². The number of nitrogens with zero attached hydrogens (tertiary/aromatic N) is 3. The lowest BCUT2D eigenvalue weighted by Crippen LogP contribution is -2.60. The number of rotatable bonds is 3. The van der Waals surface area contributed by atoms with E-state index in [-0.39, 0.29) is 18.3 Å². The SMILES string of the molecule is O=C(O)C(F)(F)F.O=C(O)C(F)(F)F.O=C1COC2(COCCN(Cc3cccnc3)C2)CN1c1cccc(F)c1. The minimum Gasteiger partial charge on any atom is -0.475 e. The Kier molecular flexibility index (Phi) is 11.5. The fourth-order valence-electron chi connectivity index (χ4n) is 3.65. The van der Waals surface area contributed by atoms with Crippen LogP contribution in [0.2, 0.25) is 0 Å². The summed E-state index contributed by atoms with van der Waals surface area (Å²) in [5.74, 6) is -6.05. The van der Waals surface area contributed by atoms with E-state index in [1.807, 2.05) is 18.3 Å². The zero-order valence-corrected chi connectivity index (χ0v) is 21.0. The number of halogens is 7. The number of carboxylic acids is 2. The quantitative estimate of drug-likeness (QED) is 0.512. The number of ether oxygens (including phenoxy) is 2. The second-order valence-electron chi connectivity index (χ2n) is 8.66.